The summed E-state index contributed by atoms with van der Waals surface area (Å²) in [5.41, 5.74) is 1.79. The molecule has 0 saturated heterocycles. The molecule has 1 heterocycles. The van der Waals surface area contributed by atoms with Gasteiger partial charge in [0.25, 0.3) is 11.5 Å². The zero-order valence-corrected chi connectivity index (χ0v) is 22.8. The number of hydrogen-bond acceptors (Lipinski definition) is 6. The van der Waals surface area contributed by atoms with E-state index in [1.54, 1.807) is 36.4 Å². The third-order valence-corrected chi connectivity index (χ3v) is 6.17. The molecule has 0 atom stereocenters. The van der Waals surface area contributed by atoms with Crippen LogP contribution in [-0.2, 0) is 11.2 Å². The van der Waals surface area contributed by atoms with Crippen molar-refractivity contribution < 1.29 is 13.9 Å². The molecule has 4 rings (SSSR count). The Balaban J connectivity index is 1.66. The number of carbonyl (C=O) groups is 1. The molecule has 38 heavy (non-hydrogen) atoms. The summed E-state index contributed by atoms with van der Waals surface area (Å²) < 4.78 is 21.8. The van der Waals surface area contributed by atoms with Gasteiger partial charge in [0.05, 0.1) is 22.8 Å². The van der Waals surface area contributed by atoms with Crippen LogP contribution >= 0.6 is 15.9 Å². The van der Waals surface area contributed by atoms with Crippen molar-refractivity contribution in [2.24, 2.45) is 5.10 Å². The van der Waals surface area contributed by atoms with Crippen LogP contribution in [0.1, 0.15) is 24.7 Å². The first-order chi connectivity index (χ1) is 18.3. The van der Waals surface area contributed by atoms with Crippen LogP contribution in [0.25, 0.3) is 10.9 Å². The van der Waals surface area contributed by atoms with Gasteiger partial charge in [0.2, 0.25) is 0 Å². The lowest BCUT2D eigenvalue weighted by atomic mass is 10.2. The third kappa shape index (κ3) is 6.25. The fourth-order valence-electron chi connectivity index (χ4n) is 3.74. The topological polar surface area (TPSA) is 88.8 Å². The van der Waals surface area contributed by atoms with Crippen LogP contribution in [0.15, 0.2) is 75.0 Å². The molecule has 0 fully saturated rings. The molecule has 8 nitrogen and oxygen atoms in total. The van der Waals surface area contributed by atoms with E-state index >= 15 is 0 Å². The Morgan fingerprint density at radius 2 is 1.97 bits per heavy atom. The van der Waals surface area contributed by atoms with E-state index in [1.165, 1.54) is 23.0 Å². The molecule has 10 heteroatoms. The number of nitrogens with zero attached hydrogens (tertiary/aromatic N) is 4. The summed E-state index contributed by atoms with van der Waals surface area (Å²) in [4.78, 5) is 32.3. The van der Waals surface area contributed by atoms with Gasteiger partial charge in [-0.1, -0.05) is 35.0 Å². The molecule has 1 amide bonds. The van der Waals surface area contributed by atoms with Gasteiger partial charge in [-0.3, -0.25) is 9.59 Å². The lowest BCUT2D eigenvalue weighted by Crippen LogP contribution is -2.23. The molecule has 1 N–H and O–H groups in total. The number of halogens is 2. The van der Waals surface area contributed by atoms with Crippen LogP contribution in [0.5, 0.6) is 5.75 Å². The zero-order chi connectivity index (χ0) is 27.2. The maximum atomic E-state index is 13.9. The van der Waals surface area contributed by atoms with Crippen molar-refractivity contribution in [1.29, 1.82) is 0 Å². The van der Waals surface area contributed by atoms with Gasteiger partial charge in [-0.25, -0.2) is 9.37 Å². The summed E-state index contributed by atoms with van der Waals surface area (Å²) in [7, 11) is 3.76. The van der Waals surface area contributed by atoms with E-state index in [1.807, 2.05) is 38.1 Å². The Bertz CT molecular complexity index is 1570. The molecule has 0 radical (unpaired) electrons. The van der Waals surface area contributed by atoms with Gasteiger partial charge in [-0.05, 0) is 48.9 Å². The Morgan fingerprint density at radius 1 is 1.18 bits per heavy atom. The molecule has 0 saturated carbocycles. The fourth-order valence-corrected chi connectivity index (χ4v) is 4.11. The first-order valence-corrected chi connectivity index (χ1v) is 12.8. The molecular weight excluding hydrogens is 553 g/mol. The molecule has 0 unspecified atom stereocenters. The summed E-state index contributed by atoms with van der Waals surface area (Å²) in [5.74, 6) is -0.128. The van der Waals surface area contributed by atoms with Gasteiger partial charge in [0.1, 0.15) is 17.4 Å². The van der Waals surface area contributed by atoms with Crippen LogP contribution in [-0.4, -0.2) is 42.5 Å². The Labute approximate surface area is 227 Å². The highest BCUT2D eigenvalue weighted by atomic mass is 79.9. The van der Waals surface area contributed by atoms with Crippen molar-refractivity contribution in [2.75, 3.05) is 30.9 Å². The molecule has 3 aromatic carbocycles. The predicted molar refractivity (Wildman–Crippen MR) is 152 cm³/mol. The molecular formula is C28H27BrFN5O3. The van der Waals surface area contributed by atoms with E-state index in [0.717, 1.165) is 16.6 Å². The van der Waals surface area contributed by atoms with E-state index in [4.69, 9.17) is 4.74 Å². The average molecular weight is 580 g/mol. The molecule has 0 aliphatic rings. The van der Waals surface area contributed by atoms with Gasteiger partial charge < -0.3 is 15.0 Å². The van der Waals surface area contributed by atoms with Gasteiger partial charge in [-0.15, -0.1) is 0 Å². The number of para-hydroxylation sites is 1. The molecule has 4 aromatic rings. The van der Waals surface area contributed by atoms with Crippen molar-refractivity contribution in [3.63, 3.8) is 0 Å². The van der Waals surface area contributed by atoms with Crippen LogP contribution in [0.2, 0.25) is 0 Å². The first-order valence-electron chi connectivity index (χ1n) is 12.0. The summed E-state index contributed by atoms with van der Waals surface area (Å²) >= 11 is 3.41. The second-order valence-corrected chi connectivity index (χ2v) is 9.65. The van der Waals surface area contributed by atoms with Gasteiger partial charge in [-0.2, -0.15) is 9.78 Å². The number of nitrogens with one attached hydrogen (secondary N) is 1. The van der Waals surface area contributed by atoms with Crippen LogP contribution in [0.3, 0.4) is 0 Å². The maximum Gasteiger partial charge on any atom is 0.282 e. The lowest BCUT2D eigenvalue weighted by Gasteiger charge is -2.16. The third-order valence-electron chi connectivity index (χ3n) is 5.68. The molecule has 0 aliphatic heterocycles. The van der Waals surface area contributed by atoms with E-state index in [2.05, 4.69) is 31.3 Å². The zero-order valence-electron chi connectivity index (χ0n) is 21.2. The summed E-state index contributed by atoms with van der Waals surface area (Å²) in [5, 5.41) is 7.42. The highest BCUT2D eigenvalue weighted by Gasteiger charge is 2.13. The van der Waals surface area contributed by atoms with Gasteiger partial charge >= 0.3 is 0 Å². The van der Waals surface area contributed by atoms with Crippen molar-refractivity contribution in [3.05, 3.63) is 92.7 Å². The molecule has 196 valence electrons. The van der Waals surface area contributed by atoms with Crippen molar-refractivity contribution in [3.8, 4) is 5.75 Å². The first kappa shape index (κ1) is 27.0. The SMILES string of the molecule is CCCc1nc2ccc(Br)cc2c(=O)n1N=Cc1ccc(N(C)C)cc1OCC(=O)Nc1ccccc1F. The predicted octanol–water partition coefficient (Wildman–Crippen LogP) is 5.22. The number of fused-ring (bicyclic) bond motifs is 1. The van der Waals surface area contributed by atoms with Gasteiger partial charge in [0, 0.05) is 42.3 Å². The number of amides is 1. The molecule has 0 bridgehead atoms. The quantitative estimate of drug-likeness (QED) is 0.275. The lowest BCUT2D eigenvalue weighted by molar-refractivity contribution is -0.118. The van der Waals surface area contributed by atoms with Crippen molar-refractivity contribution in [1.82, 2.24) is 9.66 Å². The Morgan fingerprint density at radius 3 is 2.71 bits per heavy atom. The number of aromatic nitrogens is 2. The van der Waals surface area contributed by atoms with Crippen LogP contribution in [0.4, 0.5) is 15.8 Å². The number of ether oxygens (including phenoxy) is 1. The number of anilines is 2. The number of benzene rings is 3. The number of aryl methyl sites for hydroxylation is 1. The molecule has 0 spiro atoms. The smallest absolute Gasteiger partial charge is 0.282 e. The average Bonchev–Trinajstić information content (AvgIpc) is 2.89. The summed E-state index contributed by atoms with van der Waals surface area (Å²) in [6.45, 7) is 1.66. The Kier molecular flexibility index (Phi) is 8.52. The van der Waals surface area contributed by atoms with Crippen molar-refractivity contribution >= 4 is 50.3 Å². The largest absolute Gasteiger partial charge is 0.483 e. The van der Waals surface area contributed by atoms with E-state index < -0.39 is 11.7 Å². The second kappa shape index (κ2) is 12.0. The fraction of sp³-hybridized carbons (Fsp3) is 0.214. The van der Waals surface area contributed by atoms with Crippen LogP contribution < -0.4 is 20.5 Å². The standard InChI is InChI=1S/C28H27BrFN5O3/c1-4-7-26-32-23-13-11-19(29)14-21(23)28(37)35(26)31-16-18-10-12-20(34(2)3)15-25(18)38-17-27(36)33-24-9-6-5-8-22(24)30/h5-6,8-16H,4,7,17H2,1-3H3,(H,33,36). The van der Waals surface area contributed by atoms with Crippen molar-refractivity contribution in [2.45, 2.75) is 19.8 Å². The number of rotatable bonds is 9. The van der Waals surface area contributed by atoms with E-state index in [9.17, 15) is 14.0 Å². The highest BCUT2D eigenvalue weighted by molar-refractivity contribution is 9.10. The Hall–Kier alpha value is -4.05. The monoisotopic (exact) mass is 579 g/mol. The minimum atomic E-state index is -0.535. The summed E-state index contributed by atoms with van der Waals surface area (Å²) in [6.07, 6.45) is 2.86. The molecule has 1 aromatic heterocycles. The minimum absolute atomic E-state index is 0.0724. The minimum Gasteiger partial charge on any atom is -0.483 e. The van der Waals surface area contributed by atoms with Crippen LogP contribution in [0, 0.1) is 5.82 Å². The van der Waals surface area contributed by atoms with E-state index in [-0.39, 0.29) is 17.9 Å². The molecule has 0 aliphatic carbocycles. The second-order valence-electron chi connectivity index (χ2n) is 8.73. The van der Waals surface area contributed by atoms with Gasteiger partial charge in [0.15, 0.2) is 6.61 Å². The number of hydrogen-bond donors (Lipinski definition) is 1. The normalized spacial score (nSPS) is 11.2. The number of carbonyl (C=O) groups excluding carboxylic acids is 1. The highest BCUT2D eigenvalue weighted by Crippen LogP contribution is 2.24. The maximum absolute atomic E-state index is 13.9. The summed E-state index contributed by atoms with van der Waals surface area (Å²) in [6, 6.07) is 16.7. The van der Waals surface area contributed by atoms with E-state index in [0.29, 0.717) is 34.5 Å².